The Kier molecular flexibility index (Phi) is 3.69. The van der Waals surface area contributed by atoms with Gasteiger partial charge in [0, 0.05) is 5.56 Å². The highest BCUT2D eigenvalue weighted by Gasteiger charge is 2.21. The van der Waals surface area contributed by atoms with E-state index in [1.807, 2.05) is 18.2 Å². The number of ether oxygens (including phenoxy) is 2. The van der Waals surface area contributed by atoms with Crippen LogP contribution in [0.4, 0.5) is 0 Å². The van der Waals surface area contributed by atoms with Gasteiger partial charge in [-0.1, -0.05) is 18.2 Å². The number of methoxy groups -OCH3 is 2. The van der Waals surface area contributed by atoms with Gasteiger partial charge in [-0.05, 0) is 30.9 Å². The maximum Gasteiger partial charge on any atom is 0.168 e. The Hall–Kier alpha value is -1.48. The van der Waals surface area contributed by atoms with Gasteiger partial charge in [-0.15, -0.1) is 0 Å². The first kappa shape index (κ1) is 12.0. The summed E-state index contributed by atoms with van der Waals surface area (Å²) in [5.74, 6) is 1.39. The summed E-state index contributed by atoms with van der Waals surface area (Å²) >= 11 is 0. The lowest BCUT2D eigenvalue weighted by molar-refractivity contribution is 0.213. The van der Waals surface area contributed by atoms with E-state index in [1.54, 1.807) is 14.2 Å². The van der Waals surface area contributed by atoms with Crippen molar-refractivity contribution in [2.45, 2.75) is 25.4 Å². The zero-order valence-electron chi connectivity index (χ0n) is 10.3. The molecule has 0 saturated carbocycles. The molecule has 0 bridgehead atoms. The molecule has 2 rings (SSSR count). The molecule has 3 heteroatoms. The molecule has 1 aromatic rings. The third kappa shape index (κ3) is 2.29. The predicted octanol–water partition coefficient (Wildman–Crippen LogP) is 2.63. The Balaban J connectivity index is 2.47. The van der Waals surface area contributed by atoms with Crippen molar-refractivity contribution in [2.24, 2.45) is 0 Å². The Morgan fingerprint density at radius 2 is 2.06 bits per heavy atom. The van der Waals surface area contributed by atoms with Gasteiger partial charge >= 0.3 is 0 Å². The van der Waals surface area contributed by atoms with Crippen molar-refractivity contribution in [3.05, 3.63) is 29.8 Å². The molecule has 0 saturated heterocycles. The van der Waals surface area contributed by atoms with Gasteiger partial charge in [0.05, 0.1) is 20.3 Å². The van der Waals surface area contributed by atoms with E-state index in [4.69, 9.17) is 9.47 Å². The highest BCUT2D eigenvalue weighted by Crippen LogP contribution is 2.38. The van der Waals surface area contributed by atoms with Crippen LogP contribution in [0.3, 0.4) is 0 Å². The third-order valence-electron chi connectivity index (χ3n) is 3.12. The Morgan fingerprint density at radius 1 is 1.24 bits per heavy atom. The normalized spacial score (nSPS) is 19.7. The molecule has 0 fully saturated rings. The van der Waals surface area contributed by atoms with Crippen LogP contribution in [-0.2, 0) is 0 Å². The van der Waals surface area contributed by atoms with Gasteiger partial charge in [-0.2, -0.15) is 0 Å². The summed E-state index contributed by atoms with van der Waals surface area (Å²) in [6, 6.07) is 5.73. The van der Waals surface area contributed by atoms with Crippen LogP contribution in [0.1, 0.15) is 24.8 Å². The number of aliphatic hydroxyl groups excluding tert-OH is 1. The molecule has 0 radical (unpaired) electrons. The molecule has 1 unspecified atom stereocenters. The first-order valence-electron chi connectivity index (χ1n) is 5.87. The monoisotopic (exact) mass is 234 g/mol. The zero-order valence-corrected chi connectivity index (χ0v) is 10.3. The van der Waals surface area contributed by atoms with Crippen molar-refractivity contribution >= 4 is 5.57 Å². The molecule has 0 aliphatic heterocycles. The van der Waals surface area contributed by atoms with E-state index < -0.39 is 6.10 Å². The molecule has 1 aromatic carbocycles. The van der Waals surface area contributed by atoms with Gasteiger partial charge in [0.2, 0.25) is 0 Å². The van der Waals surface area contributed by atoms with Gasteiger partial charge in [-0.25, -0.2) is 0 Å². The molecule has 92 valence electrons. The molecule has 0 heterocycles. The molecule has 1 aliphatic carbocycles. The van der Waals surface area contributed by atoms with Crippen LogP contribution in [-0.4, -0.2) is 25.4 Å². The number of aliphatic hydroxyl groups is 1. The van der Waals surface area contributed by atoms with E-state index >= 15 is 0 Å². The van der Waals surface area contributed by atoms with E-state index in [0.29, 0.717) is 11.5 Å². The molecule has 0 spiro atoms. The lowest BCUT2D eigenvalue weighted by Crippen LogP contribution is -2.13. The molecule has 0 amide bonds. The number of para-hydroxylation sites is 1. The summed E-state index contributed by atoms with van der Waals surface area (Å²) in [4.78, 5) is 0. The van der Waals surface area contributed by atoms with Crippen LogP contribution in [0.25, 0.3) is 5.57 Å². The Bertz CT molecular complexity index is 423. The Labute approximate surface area is 102 Å². The standard InChI is InChI=1S/C14H18O3/c1-16-13-9-5-7-11(14(13)17-2)10-6-3-4-8-12(10)15/h5-7,9,12,15H,3-4,8H2,1-2H3. The first-order valence-corrected chi connectivity index (χ1v) is 5.87. The minimum Gasteiger partial charge on any atom is -0.493 e. The van der Waals surface area contributed by atoms with Crippen molar-refractivity contribution < 1.29 is 14.6 Å². The lowest BCUT2D eigenvalue weighted by Gasteiger charge is -2.22. The average Bonchev–Trinajstić information content (AvgIpc) is 2.38. The number of hydrogen-bond acceptors (Lipinski definition) is 3. The van der Waals surface area contributed by atoms with Crippen LogP contribution in [0.5, 0.6) is 11.5 Å². The topological polar surface area (TPSA) is 38.7 Å². The van der Waals surface area contributed by atoms with E-state index in [9.17, 15) is 5.11 Å². The van der Waals surface area contributed by atoms with Gasteiger partial charge in [0.1, 0.15) is 0 Å². The molecule has 0 aromatic heterocycles. The zero-order chi connectivity index (χ0) is 12.3. The van der Waals surface area contributed by atoms with Crippen molar-refractivity contribution in [3.63, 3.8) is 0 Å². The fourth-order valence-corrected chi connectivity index (χ4v) is 2.26. The van der Waals surface area contributed by atoms with E-state index in [2.05, 4.69) is 6.08 Å². The second kappa shape index (κ2) is 5.23. The largest absolute Gasteiger partial charge is 0.493 e. The predicted molar refractivity (Wildman–Crippen MR) is 67.4 cm³/mol. The SMILES string of the molecule is COc1cccc(C2=CCCCC2O)c1OC. The van der Waals surface area contributed by atoms with Crippen LogP contribution >= 0.6 is 0 Å². The number of rotatable bonds is 3. The maximum atomic E-state index is 10.0. The third-order valence-corrected chi connectivity index (χ3v) is 3.12. The fraction of sp³-hybridized carbons (Fsp3) is 0.429. The molecule has 3 nitrogen and oxygen atoms in total. The number of allylic oxidation sites excluding steroid dienone is 1. The fourth-order valence-electron chi connectivity index (χ4n) is 2.26. The van der Waals surface area contributed by atoms with Crippen molar-refractivity contribution in [3.8, 4) is 11.5 Å². The van der Waals surface area contributed by atoms with Crippen LogP contribution in [0.2, 0.25) is 0 Å². The van der Waals surface area contributed by atoms with Crippen LogP contribution < -0.4 is 9.47 Å². The second-order valence-corrected chi connectivity index (χ2v) is 4.15. The highest BCUT2D eigenvalue weighted by atomic mass is 16.5. The molecular formula is C14H18O3. The van der Waals surface area contributed by atoms with Gasteiger partial charge in [-0.3, -0.25) is 0 Å². The highest BCUT2D eigenvalue weighted by molar-refractivity contribution is 5.76. The van der Waals surface area contributed by atoms with Crippen molar-refractivity contribution in [2.75, 3.05) is 14.2 Å². The lowest BCUT2D eigenvalue weighted by atomic mass is 9.90. The van der Waals surface area contributed by atoms with E-state index in [0.717, 1.165) is 30.4 Å². The van der Waals surface area contributed by atoms with Crippen LogP contribution in [0, 0.1) is 0 Å². The summed E-state index contributed by atoms with van der Waals surface area (Å²) in [5.41, 5.74) is 1.88. The summed E-state index contributed by atoms with van der Waals surface area (Å²) in [6.45, 7) is 0. The summed E-state index contributed by atoms with van der Waals surface area (Å²) in [5, 5.41) is 10.0. The van der Waals surface area contributed by atoms with Crippen molar-refractivity contribution in [1.82, 2.24) is 0 Å². The van der Waals surface area contributed by atoms with E-state index in [-0.39, 0.29) is 0 Å². The quantitative estimate of drug-likeness (QED) is 0.873. The number of benzene rings is 1. The van der Waals surface area contributed by atoms with Crippen molar-refractivity contribution in [1.29, 1.82) is 0 Å². The maximum absolute atomic E-state index is 10.0. The first-order chi connectivity index (χ1) is 8.27. The summed E-state index contributed by atoms with van der Waals surface area (Å²) in [7, 11) is 3.24. The minimum atomic E-state index is -0.398. The van der Waals surface area contributed by atoms with Gasteiger partial charge < -0.3 is 14.6 Å². The molecule has 1 N–H and O–H groups in total. The summed E-state index contributed by atoms with van der Waals surface area (Å²) < 4.78 is 10.7. The summed E-state index contributed by atoms with van der Waals surface area (Å²) in [6.07, 6.45) is 4.55. The Morgan fingerprint density at radius 3 is 2.71 bits per heavy atom. The smallest absolute Gasteiger partial charge is 0.168 e. The molecule has 1 aliphatic rings. The van der Waals surface area contributed by atoms with Crippen LogP contribution in [0.15, 0.2) is 24.3 Å². The minimum absolute atomic E-state index is 0.398. The molecule has 17 heavy (non-hydrogen) atoms. The number of hydrogen-bond donors (Lipinski definition) is 1. The van der Waals surface area contributed by atoms with Gasteiger partial charge in [0.15, 0.2) is 11.5 Å². The molecular weight excluding hydrogens is 216 g/mol. The molecule has 1 atom stereocenters. The second-order valence-electron chi connectivity index (χ2n) is 4.15. The van der Waals surface area contributed by atoms with Gasteiger partial charge in [0.25, 0.3) is 0 Å². The average molecular weight is 234 g/mol. The van der Waals surface area contributed by atoms with E-state index in [1.165, 1.54) is 0 Å².